The van der Waals surface area contributed by atoms with Gasteiger partial charge in [-0.1, -0.05) is 20.4 Å². The molecule has 6 aliphatic rings. The van der Waals surface area contributed by atoms with E-state index in [1.54, 1.807) is 0 Å². The number of ether oxygens (including phenoxy) is 1. The van der Waals surface area contributed by atoms with Gasteiger partial charge in [0.25, 0.3) is 10.1 Å². The number of hydrogen-bond donors (Lipinski definition) is 3. The Morgan fingerprint density at radius 1 is 1.17 bits per heavy atom. The average molecular weight is 443 g/mol. The predicted octanol–water partition coefficient (Wildman–Crippen LogP) is 0.359. The highest BCUT2D eigenvalue weighted by molar-refractivity contribution is 7.86. The molecule has 9 atom stereocenters. The minimum Gasteiger partial charge on any atom is -0.391 e. The Hall–Kier alpha value is -0.840. The number of fused-ring (bicyclic) bond motifs is 2. The summed E-state index contributed by atoms with van der Waals surface area (Å²) in [5.74, 6) is -4.41. The Balaban J connectivity index is 1.79. The number of aliphatic hydroxyl groups excluding tert-OH is 2. The predicted molar refractivity (Wildman–Crippen MR) is 104 cm³/mol. The van der Waals surface area contributed by atoms with Crippen molar-refractivity contribution in [3.8, 4) is 0 Å². The van der Waals surface area contributed by atoms with Crippen LogP contribution in [0.5, 0.6) is 0 Å². The molecule has 2 saturated heterocycles. The molecule has 6 fully saturated rings. The topological polar surface area (TPSA) is 130 Å². The van der Waals surface area contributed by atoms with Gasteiger partial charge in [-0.05, 0) is 42.6 Å². The van der Waals surface area contributed by atoms with Crippen LogP contribution in [0.15, 0.2) is 12.2 Å². The van der Waals surface area contributed by atoms with Crippen LogP contribution in [-0.2, 0) is 23.8 Å². The smallest absolute Gasteiger partial charge is 0.264 e. The van der Waals surface area contributed by atoms with E-state index in [9.17, 15) is 28.5 Å². The monoisotopic (exact) mass is 442 g/mol. The molecule has 2 aliphatic heterocycles. The zero-order valence-corrected chi connectivity index (χ0v) is 18.3. The summed E-state index contributed by atoms with van der Waals surface area (Å²) in [6.07, 6.45) is -0.583. The third-order valence-corrected chi connectivity index (χ3v) is 9.72. The fourth-order valence-electron chi connectivity index (χ4n) is 8.22. The Morgan fingerprint density at radius 3 is 2.47 bits per heavy atom. The van der Waals surface area contributed by atoms with Crippen LogP contribution in [0.1, 0.15) is 39.5 Å². The van der Waals surface area contributed by atoms with E-state index in [1.165, 1.54) is 0 Å². The molecule has 0 unspecified atom stereocenters. The van der Waals surface area contributed by atoms with Gasteiger partial charge < -0.3 is 20.1 Å². The molecular weight excluding hydrogens is 412 g/mol. The quantitative estimate of drug-likeness (QED) is 0.413. The minimum atomic E-state index is -3.83. The second-order valence-electron chi connectivity index (χ2n) is 10.7. The standard InChI is InChI=1S/C21H30O8S/c1-10-11-5-6-12-19-9-28-21(25,20(12,15(10)22)16(11)23)17(24)14(19)18(2,3)8-7-13(19)29-30(4,26)27/h11-14,16-17,23-25H,1,5-9H2,2-4H3/t11-,12-,13-,14+,16+,17-,19+,20-,21+/m0/s1. The number of rotatable bonds is 2. The van der Waals surface area contributed by atoms with Crippen LogP contribution >= 0.6 is 0 Å². The summed E-state index contributed by atoms with van der Waals surface area (Å²) in [7, 11) is -3.83. The lowest BCUT2D eigenvalue weighted by Gasteiger charge is -2.74. The van der Waals surface area contributed by atoms with Crippen LogP contribution in [0, 0.1) is 34.0 Å². The van der Waals surface area contributed by atoms with Gasteiger partial charge in [-0.15, -0.1) is 0 Å². The van der Waals surface area contributed by atoms with Gasteiger partial charge >= 0.3 is 0 Å². The molecule has 0 radical (unpaired) electrons. The zero-order valence-electron chi connectivity index (χ0n) is 17.5. The highest BCUT2D eigenvalue weighted by Crippen LogP contribution is 2.76. The molecule has 6 rings (SSSR count). The Labute approximate surface area is 176 Å². The summed E-state index contributed by atoms with van der Waals surface area (Å²) >= 11 is 0. The molecule has 0 aromatic rings. The van der Waals surface area contributed by atoms with E-state index in [0.29, 0.717) is 25.7 Å². The van der Waals surface area contributed by atoms with Gasteiger partial charge in [0.15, 0.2) is 5.78 Å². The summed E-state index contributed by atoms with van der Waals surface area (Å²) in [6, 6.07) is 0. The van der Waals surface area contributed by atoms with Gasteiger partial charge in [0.2, 0.25) is 5.79 Å². The van der Waals surface area contributed by atoms with Crippen LogP contribution in [0.3, 0.4) is 0 Å². The largest absolute Gasteiger partial charge is 0.391 e. The molecule has 0 amide bonds. The Bertz CT molecular complexity index is 943. The van der Waals surface area contributed by atoms with Crippen LogP contribution in [0.25, 0.3) is 0 Å². The number of Topliss-reactive ketones (excluding diaryl/α,β-unsaturated/α-hetero) is 1. The van der Waals surface area contributed by atoms with E-state index in [4.69, 9.17) is 8.92 Å². The summed E-state index contributed by atoms with van der Waals surface area (Å²) in [4.78, 5) is 13.5. The normalized spacial score (nSPS) is 54.1. The summed E-state index contributed by atoms with van der Waals surface area (Å²) in [6.45, 7) is 7.79. The molecule has 2 spiro atoms. The van der Waals surface area contributed by atoms with Crippen molar-refractivity contribution >= 4 is 15.9 Å². The number of carbonyl (C=O) groups excluding carboxylic acids is 1. The summed E-state index contributed by atoms with van der Waals surface area (Å²) < 4.78 is 35.7. The Morgan fingerprint density at radius 2 is 1.83 bits per heavy atom. The second kappa shape index (κ2) is 5.74. The van der Waals surface area contributed by atoms with Crippen molar-refractivity contribution in [2.45, 2.75) is 63.6 Å². The van der Waals surface area contributed by atoms with Gasteiger partial charge in [-0.25, -0.2) is 0 Å². The van der Waals surface area contributed by atoms with Gasteiger partial charge in [-0.3, -0.25) is 8.98 Å². The SMILES string of the molecule is C=C1C(=O)[C@]23[C@H](O)[C@H]1CC[C@H]2[C@@]12CO[C@]3(O)[C@@H](O)[C@@H]1C(C)(C)CC[C@@H]2OS(C)(=O)=O. The number of ketones is 1. The third-order valence-electron chi connectivity index (χ3n) is 9.14. The zero-order chi connectivity index (χ0) is 22.1. The van der Waals surface area contributed by atoms with Crippen LogP contribution in [0.2, 0.25) is 0 Å². The Kier molecular flexibility index (Phi) is 4.02. The van der Waals surface area contributed by atoms with E-state index in [1.807, 2.05) is 13.8 Å². The van der Waals surface area contributed by atoms with E-state index >= 15 is 0 Å². The third kappa shape index (κ3) is 2.05. The summed E-state index contributed by atoms with van der Waals surface area (Å²) in [5, 5.41) is 34.5. The van der Waals surface area contributed by atoms with Gasteiger partial charge in [0.1, 0.15) is 11.5 Å². The van der Waals surface area contributed by atoms with Gasteiger partial charge in [0.05, 0.1) is 25.1 Å². The van der Waals surface area contributed by atoms with E-state index in [0.717, 1.165) is 6.26 Å². The maximum Gasteiger partial charge on any atom is 0.264 e. The first kappa shape index (κ1) is 21.0. The first-order valence-electron chi connectivity index (χ1n) is 10.6. The lowest BCUT2D eigenvalue weighted by atomic mass is 9.35. The van der Waals surface area contributed by atoms with E-state index in [2.05, 4.69) is 6.58 Å². The minimum absolute atomic E-state index is 0.0433. The highest BCUT2D eigenvalue weighted by atomic mass is 32.2. The lowest BCUT2D eigenvalue weighted by molar-refractivity contribution is -0.457. The van der Waals surface area contributed by atoms with Crippen molar-refractivity contribution in [3.63, 3.8) is 0 Å². The average Bonchev–Trinajstić information content (AvgIpc) is 2.74. The molecule has 4 saturated carbocycles. The van der Waals surface area contributed by atoms with Crippen molar-refractivity contribution in [2.24, 2.45) is 34.0 Å². The summed E-state index contributed by atoms with van der Waals surface area (Å²) in [5.41, 5.74) is -3.03. The van der Waals surface area contributed by atoms with Crippen molar-refractivity contribution in [1.82, 2.24) is 0 Å². The maximum absolute atomic E-state index is 13.5. The van der Waals surface area contributed by atoms with Gasteiger partial charge in [0, 0.05) is 17.3 Å². The molecule has 0 aromatic heterocycles. The molecule has 8 nitrogen and oxygen atoms in total. The highest BCUT2D eigenvalue weighted by Gasteiger charge is 2.87. The molecule has 30 heavy (non-hydrogen) atoms. The maximum atomic E-state index is 13.5. The van der Waals surface area contributed by atoms with Crippen molar-refractivity contribution in [2.75, 3.05) is 12.9 Å². The number of aliphatic hydroxyl groups is 3. The molecule has 168 valence electrons. The molecule has 0 aromatic carbocycles. The molecule has 9 heteroatoms. The molecule has 2 heterocycles. The van der Waals surface area contributed by atoms with E-state index < -0.39 is 74.0 Å². The first-order valence-corrected chi connectivity index (χ1v) is 12.4. The van der Waals surface area contributed by atoms with Crippen LogP contribution in [0.4, 0.5) is 0 Å². The molecular formula is C21H30O8S. The van der Waals surface area contributed by atoms with Crippen molar-refractivity contribution < 1.29 is 37.5 Å². The fraction of sp³-hybridized carbons (Fsp3) is 0.857. The molecule has 4 aliphatic carbocycles. The fourth-order valence-corrected chi connectivity index (χ4v) is 8.92. The number of carbonyl (C=O) groups is 1. The number of hydrogen-bond acceptors (Lipinski definition) is 8. The van der Waals surface area contributed by atoms with Crippen molar-refractivity contribution in [1.29, 1.82) is 0 Å². The van der Waals surface area contributed by atoms with Crippen molar-refractivity contribution in [3.05, 3.63) is 12.2 Å². The second-order valence-corrected chi connectivity index (χ2v) is 12.3. The van der Waals surface area contributed by atoms with Gasteiger partial charge in [-0.2, -0.15) is 8.42 Å². The first-order chi connectivity index (χ1) is 13.7. The van der Waals surface area contributed by atoms with E-state index in [-0.39, 0.29) is 12.2 Å². The lowest BCUT2D eigenvalue weighted by Crippen LogP contribution is -2.85. The van der Waals surface area contributed by atoms with Crippen LogP contribution in [-0.4, -0.2) is 66.5 Å². The molecule has 4 bridgehead atoms. The van der Waals surface area contributed by atoms with Crippen LogP contribution < -0.4 is 0 Å². The molecule has 3 N–H and O–H groups in total.